The van der Waals surface area contributed by atoms with Crippen molar-refractivity contribution in [3.05, 3.63) is 88.8 Å². The highest BCUT2D eigenvalue weighted by atomic mass is 28.3. The third-order valence-electron chi connectivity index (χ3n) is 8.64. The Morgan fingerprint density at radius 2 is 1.50 bits per heavy atom. The van der Waals surface area contributed by atoms with Gasteiger partial charge in [-0.25, -0.2) is 0 Å². The molecule has 0 spiro atoms. The van der Waals surface area contributed by atoms with E-state index in [1.807, 2.05) is 6.07 Å². The number of allylic oxidation sites excluding steroid dienone is 1. The second-order valence-electron chi connectivity index (χ2n) is 11.5. The van der Waals surface area contributed by atoms with Crippen molar-refractivity contribution in [3.8, 4) is 11.5 Å². The van der Waals surface area contributed by atoms with Crippen molar-refractivity contribution >= 4 is 24.4 Å². The van der Waals surface area contributed by atoms with Crippen LogP contribution in [0.2, 0.25) is 16.6 Å². The van der Waals surface area contributed by atoms with E-state index < -0.39 is 8.07 Å². The van der Waals surface area contributed by atoms with E-state index >= 15 is 0 Å². The Labute approximate surface area is 218 Å². The smallest absolute Gasteiger partial charge is 0.135 e. The van der Waals surface area contributed by atoms with Crippen LogP contribution < -0.4 is 9.47 Å². The van der Waals surface area contributed by atoms with Gasteiger partial charge in [0.05, 0.1) is 15.2 Å². The first kappa shape index (κ1) is 24.9. The Hall–Kier alpha value is -2.78. The Morgan fingerprint density at radius 3 is 2.14 bits per heavy atom. The molecule has 0 saturated heterocycles. The number of ether oxygens (including phenoxy) is 2. The molecule has 3 aromatic rings. The van der Waals surface area contributed by atoms with Crippen LogP contribution in [0.25, 0.3) is 16.3 Å². The van der Waals surface area contributed by atoms with Gasteiger partial charge in [-0.15, -0.1) is 0 Å². The van der Waals surface area contributed by atoms with Gasteiger partial charge in [0.25, 0.3) is 0 Å². The normalized spacial score (nSPS) is 17.3. The van der Waals surface area contributed by atoms with E-state index in [4.69, 9.17) is 9.47 Å². The topological polar surface area (TPSA) is 18.5 Å². The van der Waals surface area contributed by atoms with Crippen molar-refractivity contribution in [1.82, 2.24) is 0 Å². The van der Waals surface area contributed by atoms with Gasteiger partial charge in [-0.05, 0) is 69.9 Å². The summed E-state index contributed by atoms with van der Waals surface area (Å²) in [6, 6.07) is 21.8. The summed E-state index contributed by atoms with van der Waals surface area (Å²) >= 11 is 0. The lowest BCUT2D eigenvalue weighted by molar-refractivity contribution is 0.405. The van der Waals surface area contributed by atoms with Gasteiger partial charge < -0.3 is 9.47 Å². The Balaban J connectivity index is 1.87. The van der Waals surface area contributed by atoms with Crippen LogP contribution in [-0.4, -0.2) is 15.2 Å². The van der Waals surface area contributed by atoms with Crippen molar-refractivity contribution < 1.29 is 9.47 Å². The predicted octanol–water partition coefficient (Wildman–Crippen LogP) is 9.55. The monoisotopic (exact) mass is 496 g/mol. The number of methoxy groups -OCH3 is 1. The molecular weight excluding hydrogens is 456 g/mol. The predicted molar refractivity (Wildman–Crippen MR) is 155 cm³/mol. The summed E-state index contributed by atoms with van der Waals surface area (Å²) in [6.07, 6.45) is 2.45. The van der Waals surface area contributed by atoms with E-state index in [-0.39, 0.29) is 0 Å². The molecular formula is C33H40O2Si. The Bertz CT molecular complexity index is 1310. The highest BCUT2D eigenvalue weighted by Crippen LogP contribution is 2.53. The molecule has 1 aliphatic carbocycles. The van der Waals surface area contributed by atoms with Crippen LogP contribution in [0.15, 0.2) is 77.7 Å². The van der Waals surface area contributed by atoms with E-state index in [2.05, 4.69) is 102 Å². The van der Waals surface area contributed by atoms with Gasteiger partial charge in [0.1, 0.15) is 17.3 Å². The van der Waals surface area contributed by atoms with Crippen LogP contribution >= 0.6 is 0 Å². The average molecular weight is 497 g/mol. The summed E-state index contributed by atoms with van der Waals surface area (Å²) in [5, 5.41) is 2.57. The summed E-state index contributed by atoms with van der Waals surface area (Å²) < 4.78 is 12.6. The third kappa shape index (κ3) is 4.12. The molecule has 1 aliphatic heterocycles. The summed E-state index contributed by atoms with van der Waals surface area (Å²) in [4.78, 5) is 0. The van der Waals surface area contributed by atoms with E-state index in [1.165, 1.54) is 40.3 Å². The van der Waals surface area contributed by atoms with Crippen LogP contribution in [0, 0.1) is 5.92 Å². The zero-order chi connectivity index (χ0) is 25.6. The molecule has 3 heteroatoms. The number of rotatable bonds is 7. The van der Waals surface area contributed by atoms with Crippen LogP contribution in [0.4, 0.5) is 0 Å². The largest absolute Gasteiger partial charge is 0.497 e. The molecule has 0 aromatic heterocycles. The van der Waals surface area contributed by atoms with E-state index in [0.29, 0.717) is 22.5 Å². The van der Waals surface area contributed by atoms with Crippen LogP contribution in [0.5, 0.6) is 11.5 Å². The SMILES string of the molecule is COc1ccc2c(c1)C(c1cccc3ccccc13)=C(C1CC1)/C(=C/[Si](C(C)C)(C(C)C)C(C)C)O2. The second kappa shape index (κ2) is 9.59. The zero-order valence-corrected chi connectivity index (χ0v) is 23.9. The molecule has 5 rings (SSSR count). The number of hydrogen-bond acceptors (Lipinski definition) is 2. The minimum atomic E-state index is -1.84. The van der Waals surface area contributed by atoms with Gasteiger partial charge in [-0.3, -0.25) is 0 Å². The maximum absolute atomic E-state index is 6.90. The fourth-order valence-electron chi connectivity index (χ4n) is 6.71. The first-order chi connectivity index (χ1) is 17.3. The van der Waals surface area contributed by atoms with Crippen molar-refractivity contribution in [2.24, 2.45) is 5.92 Å². The molecule has 1 heterocycles. The van der Waals surface area contributed by atoms with Crippen LogP contribution in [-0.2, 0) is 0 Å². The van der Waals surface area contributed by atoms with Gasteiger partial charge in [-0.2, -0.15) is 0 Å². The fourth-order valence-corrected chi connectivity index (χ4v) is 12.4. The molecule has 2 nitrogen and oxygen atoms in total. The van der Waals surface area contributed by atoms with Crippen LogP contribution in [0.3, 0.4) is 0 Å². The van der Waals surface area contributed by atoms with E-state index in [0.717, 1.165) is 22.8 Å². The maximum Gasteiger partial charge on any atom is 0.135 e. The molecule has 1 fully saturated rings. The summed E-state index contributed by atoms with van der Waals surface area (Å²) in [7, 11) is -0.100. The molecule has 0 unspecified atom stereocenters. The quantitative estimate of drug-likeness (QED) is 0.303. The van der Waals surface area contributed by atoms with E-state index in [1.54, 1.807) is 7.11 Å². The minimum Gasteiger partial charge on any atom is -0.497 e. The van der Waals surface area contributed by atoms with Gasteiger partial charge >= 0.3 is 0 Å². The van der Waals surface area contributed by atoms with E-state index in [9.17, 15) is 0 Å². The molecule has 3 aromatic carbocycles. The summed E-state index contributed by atoms with van der Waals surface area (Å²) in [5.74, 6) is 3.48. The lowest BCUT2D eigenvalue weighted by Crippen LogP contribution is -2.43. The minimum absolute atomic E-state index is 0.544. The molecule has 1 saturated carbocycles. The lowest BCUT2D eigenvalue weighted by atomic mass is 9.85. The molecule has 0 radical (unpaired) electrons. The Morgan fingerprint density at radius 1 is 0.833 bits per heavy atom. The maximum atomic E-state index is 6.90. The lowest BCUT2D eigenvalue weighted by Gasteiger charge is -2.42. The van der Waals surface area contributed by atoms with Crippen molar-refractivity contribution in [1.29, 1.82) is 0 Å². The summed E-state index contributed by atoms with van der Waals surface area (Å²) in [6.45, 7) is 14.6. The van der Waals surface area contributed by atoms with Crippen molar-refractivity contribution in [2.75, 3.05) is 7.11 Å². The second-order valence-corrected chi connectivity index (χ2v) is 17.3. The average Bonchev–Trinajstić information content (AvgIpc) is 3.70. The van der Waals surface area contributed by atoms with Gasteiger partial charge in [0.2, 0.25) is 0 Å². The third-order valence-corrected chi connectivity index (χ3v) is 15.4. The number of benzene rings is 3. The molecule has 0 atom stereocenters. The van der Waals surface area contributed by atoms with Crippen LogP contribution in [0.1, 0.15) is 65.5 Å². The standard InChI is InChI=1S/C33H40O2Si/c1-21(2)36(22(3)4,23(5)6)20-31-32(25-15-16-25)33(29-19-26(34-7)17-18-30(29)35-31)28-14-10-12-24-11-8-9-13-27(24)28/h8-14,17-23,25H,15-16H2,1-7H3/b31-20-. The molecule has 2 aliphatic rings. The molecule has 0 amide bonds. The number of hydrogen-bond donors (Lipinski definition) is 0. The summed E-state index contributed by atoms with van der Waals surface area (Å²) in [5.41, 5.74) is 9.73. The van der Waals surface area contributed by atoms with Gasteiger partial charge in [-0.1, -0.05) is 89.7 Å². The first-order valence-corrected chi connectivity index (χ1v) is 15.9. The Kier molecular flexibility index (Phi) is 6.63. The van der Waals surface area contributed by atoms with Gasteiger partial charge in [0.15, 0.2) is 0 Å². The highest BCUT2D eigenvalue weighted by Gasteiger charge is 2.44. The highest BCUT2D eigenvalue weighted by molar-refractivity contribution is 6.88. The fraction of sp³-hybridized carbons (Fsp3) is 0.394. The molecule has 36 heavy (non-hydrogen) atoms. The molecule has 0 bridgehead atoms. The number of fused-ring (bicyclic) bond motifs is 2. The van der Waals surface area contributed by atoms with Crippen molar-refractivity contribution in [2.45, 2.75) is 71.0 Å². The molecule has 188 valence electrons. The zero-order valence-electron chi connectivity index (χ0n) is 22.9. The van der Waals surface area contributed by atoms with Gasteiger partial charge in [0, 0.05) is 16.7 Å². The molecule has 0 N–H and O–H groups in total. The van der Waals surface area contributed by atoms with Crippen molar-refractivity contribution in [3.63, 3.8) is 0 Å². The first-order valence-electron chi connectivity index (χ1n) is 13.6.